The molecular weight excluding hydrogens is 646 g/mol. The Kier molecular flexibility index (Phi) is 12.5. The second-order valence-corrected chi connectivity index (χ2v) is 14.1. The lowest BCUT2D eigenvalue weighted by molar-refractivity contribution is -0.165. The van der Waals surface area contributed by atoms with Gasteiger partial charge in [-0.25, -0.2) is 0 Å². The number of fused-ring (bicyclic) bond motifs is 1. The van der Waals surface area contributed by atoms with Crippen LogP contribution in [0.15, 0.2) is 86.0 Å². The number of rotatable bonds is 18. The zero-order valence-corrected chi connectivity index (χ0v) is 30.2. The third-order valence-electron chi connectivity index (χ3n) is 11.0. The summed E-state index contributed by atoms with van der Waals surface area (Å²) in [5.41, 5.74) is 0.364. The highest BCUT2D eigenvalue weighted by molar-refractivity contribution is 5.98. The number of benzene rings is 2. The number of ether oxygens (including phenoxy) is 2. The molecule has 274 valence electrons. The van der Waals surface area contributed by atoms with Crippen molar-refractivity contribution in [3.63, 3.8) is 0 Å². The standard InChI is InChI=1S/C41H53N3O7/c1-6-9-21-33(46)42(5)28(4)36(30-19-15-12-16-20-30)50-40(49)34-32-22-23-41(51-32)35(34)38(47)44(31(27-45)26-29-17-13-11-14-18-29)37(41)39(48)43(24-8-3)25-10-7-2/h6,8,11-20,28,31-32,34-37,45H,1,3,7,9-10,21-27H2,2,4-5H3/t28-,31-,32-,34+,35+,36+,37-,41+/m1/s1. The average molecular weight is 700 g/mol. The maximum absolute atomic E-state index is 14.8. The average Bonchev–Trinajstić information content (AvgIpc) is 3.80. The van der Waals surface area contributed by atoms with Gasteiger partial charge in [0.1, 0.15) is 17.7 Å². The molecule has 2 aromatic carbocycles. The fourth-order valence-corrected chi connectivity index (χ4v) is 8.26. The molecule has 1 N–H and O–H groups in total. The Bertz CT molecular complexity index is 1550. The van der Waals surface area contributed by atoms with E-state index < -0.39 is 53.7 Å². The molecule has 3 aliphatic heterocycles. The van der Waals surface area contributed by atoms with Gasteiger partial charge in [-0.2, -0.15) is 0 Å². The highest BCUT2D eigenvalue weighted by Gasteiger charge is 2.75. The summed E-state index contributed by atoms with van der Waals surface area (Å²) < 4.78 is 13.1. The Morgan fingerprint density at radius 1 is 1.10 bits per heavy atom. The molecule has 51 heavy (non-hydrogen) atoms. The van der Waals surface area contributed by atoms with E-state index in [1.807, 2.05) is 67.6 Å². The molecule has 3 aliphatic rings. The summed E-state index contributed by atoms with van der Waals surface area (Å²) in [4.78, 5) is 61.9. The Balaban J connectivity index is 1.51. The molecule has 3 amide bonds. The molecule has 1 spiro atoms. The number of likely N-dealkylation sites (tertiary alicyclic amines) is 1. The van der Waals surface area contributed by atoms with Crippen LogP contribution in [-0.2, 0) is 35.1 Å². The molecule has 0 aliphatic carbocycles. The monoisotopic (exact) mass is 699 g/mol. The number of unbranched alkanes of at least 4 members (excludes halogenated alkanes) is 1. The molecule has 3 heterocycles. The first-order valence-corrected chi connectivity index (χ1v) is 18.3. The topological polar surface area (TPSA) is 117 Å². The minimum absolute atomic E-state index is 0.106. The fraction of sp³-hybridized carbons (Fsp3) is 0.512. The van der Waals surface area contributed by atoms with Crippen molar-refractivity contribution in [3.05, 3.63) is 97.1 Å². The van der Waals surface area contributed by atoms with E-state index in [9.17, 15) is 24.3 Å². The van der Waals surface area contributed by atoms with Gasteiger partial charge < -0.3 is 29.3 Å². The van der Waals surface area contributed by atoms with Gasteiger partial charge in [0.25, 0.3) is 0 Å². The second kappa shape index (κ2) is 16.8. The predicted octanol–water partition coefficient (Wildman–Crippen LogP) is 4.88. The van der Waals surface area contributed by atoms with Crippen molar-refractivity contribution in [2.45, 2.75) is 94.7 Å². The van der Waals surface area contributed by atoms with Crippen molar-refractivity contribution in [2.75, 3.05) is 26.7 Å². The van der Waals surface area contributed by atoms with E-state index in [4.69, 9.17) is 9.47 Å². The Labute approximate surface area is 302 Å². The summed E-state index contributed by atoms with van der Waals surface area (Å²) in [5, 5.41) is 10.8. The summed E-state index contributed by atoms with van der Waals surface area (Å²) in [6.07, 6.45) is 5.59. The normalized spacial score (nSPS) is 25.1. The molecule has 8 atom stereocenters. The van der Waals surface area contributed by atoms with Crippen LogP contribution in [0.2, 0.25) is 0 Å². The number of hydrogen-bond donors (Lipinski definition) is 1. The van der Waals surface area contributed by atoms with E-state index in [-0.39, 0.29) is 30.7 Å². The lowest BCUT2D eigenvalue weighted by Gasteiger charge is -2.39. The molecule has 5 rings (SSSR count). The smallest absolute Gasteiger partial charge is 0.313 e. The van der Waals surface area contributed by atoms with Crippen molar-refractivity contribution in [3.8, 4) is 0 Å². The van der Waals surface area contributed by atoms with Crippen LogP contribution in [0.25, 0.3) is 0 Å². The molecule has 3 fully saturated rings. The first kappa shape index (κ1) is 38.0. The van der Waals surface area contributed by atoms with E-state index in [0.717, 1.165) is 18.4 Å². The van der Waals surface area contributed by atoms with Gasteiger partial charge in [0, 0.05) is 26.6 Å². The molecular formula is C41H53N3O7. The van der Waals surface area contributed by atoms with Crippen molar-refractivity contribution in [1.82, 2.24) is 14.7 Å². The number of amides is 3. The lowest BCUT2D eigenvalue weighted by Crippen LogP contribution is -2.59. The van der Waals surface area contributed by atoms with Crippen molar-refractivity contribution in [1.29, 1.82) is 0 Å². The van der Waals surface area contributed by atoms with Crippen LogP contribution in [0.1, 0.15) is 69.6 Å². The zero-order chi connectivity index (χ0) is 36.7. The highest BCUT2D eigenvalue weighted by Crippen LogP contribution is 2.59. The van der Waals surface area contributed by atoms with E-state index >= 15 is 0 Å². The molecule has 3 saturated heterocycles. The summed E-state index contributed by atoms with van der Waals surface area (Å²) in [6, 6.07) is 16.5. The number of aliphatic hydroxyl groups excluding tert-OH is 1. The van der Waals surface area contributed by atoms with Gasteiger partial charge in [0.2, 0.25) is 17.7 Å². The minimum Gasteiger partial charge on any atom is -0.455 e. The van der Waals surface area contributed by atoms with E-state index in [1.165, 1.54) is 4.90 Å². The number of likely N-dealkylation sites (N-methyl/N-ethyl adjacent to an activating group) is 1. The Morgan fingerprint density at radius 3 is 2.41 bits per heavy atom. The molecule has 2 aromatic rings. The van der Waals surface area contributed by atoms with Gasteiger partial charge in [-0.05, 0) is 50.2 Å². The third-order valence-corrected chi connectivity index (χ3v) is 11.0. The van der Waals surface area contributed by atoms with Crippen molar-refractivity contribution in [2.24, 2.45) is 11.8 Å². The second-order valence-electron chi connectivity index (χ2n) is 14.1. The largest absolute Gasteiger partial charge is 0.455 e. The van der Waals surface area contributed by atoms with Crippen LogP contribution in [-0.4, -0.2) is 100 Å². The maximum Gasteiger partial charge on any atom is 0.313 e. The quantitative estimate of drug-likeness (QED) is 0.174. The van der Waals surface area contributed by atoms with E-state index in [0.29, 0.717) is 44.3 Å². The highest BCUT2D eigenvalue weighted by atomic mass is 16.6. The molecule has 0 saturated carbocycles. The number of aliphatic hydroxyl groups is 1. The van der Waals surface area contributed by atoms with Crippen LogP contribution in [0.4, 0.5) is 0 Å². The molecule has 10 nitrogen and oxygen atoms in total. The van der Waals surface area contributed by atoms with Crippen molar-refractivity contribution < 1.29 is 33.8 Å². The molecule has 0 aromatic heterocycles. The summed E-state index contributed by atoms with van der Waals surface area (Å²) in [5.74, 6) is -3.30. The van der Waals surface area contributed by atoms with Crippen molar-refractivity contribution >= 4 is 23.7 Å². The number of allylic oxidation sites excluding steroid dienone is 1. The first-order chi connectivity index (χ1) is 24.6. The Hall–Kier alpha value is -4.28. The fourth-order valence-electron chi connectivity index (χ4n) is 8.26. The summed E-state index contributed by atoms with van der Waals surface area (Å²) in [6.45, 7) is 11.9. The predicted molar refractivity (Wildman–Crippen MR) is 194 cm³/mol. The number of esters is 1. The van der Waals surface area contributed by atoms with E-state index in [1.54, 1.807) is 29.0 Å². The number of carbonyl (C=O) groups is 4. The van der Waals surface area contributed by atoms with Gasteiger partial charge in [-0.15, -0.1) is 13.2 Å². The SMILES string of the molecule is C=CCCC(=O)N(C)[C@H](C)[C@H](OC(=O)[C@@H]1[C@H]2C(=O)N([C@@H](CO)Cc3ccccc3)[C@H](C(=O)N(CC=C)CCCC)[C@]23CC[C@H]1O3)c1ccccc1. The summed E-state index contributed by atoms with van der Waals surface area (Å²) in [7, 11) is 1.69. The van der Waals surface area contributed by atoms with E-state index in [2.05, 4.69) is 20.1 Å². The number of carbonyl (C=O) groups excluding carboxylic acids is 4. The number of nitrogens with zero attached hydrogens (tertiary/aromatic N) is 3. The van der Waals surface area contributed by atoms with Crippen LogP contribution in [0.3, 0.4) is 0 Å². The van der Waals surface area contributed by atoms with Gasteiger partial charge in [-0.3, -0.25) is 19.2 Å². The maximum atomic E-state index is 14.8. The molecule has 0 unspecified atom stereocenters. The van der Waals surface area contributed by atoms with Crippen LogP contribution in [0.5, 0.6) is 0 Å². The van der Waals surface area contributed by atoms with Crippen LogP contribution < -0.4 is 0 Å². The molecule has 0 radical (unpaired) electrons. The molecule has 2 bridgehead atoms. The lowest BCUT2D eigenvalue weighted by atomic mass is 9.70. The summed E-state index contributed by atoms with van der Waals surface area (Å²) >= 11 is 0. The van der Waals surface area contributed by atoms with Crippen LogP contribution >= 0.6 is 0 Å². The Morgan fingerprint density at radius 2 is 1.78 bits per heavy atom. The molecule has 10 heteroatoms. The number of hydrogen-bond acceptors (Lipinski definition) is 7. The third kappa shape index (κ3) is 7.53. The zero-order valence-electron chi connectivity index (χ0n) is 30.2. The van der Waals surface area contributed by atoms with Gasteiger partial charge in [-0.1, -0.05) is 86.2 Å². The van der Waals surface area contributed by atoms with Crippen LogP contribution in [0, 0.1) is 11.8 Å². The van der Waals surface area contributed by atoms with Gasteiger partial charge >= 0.3 is 5.97 Å². The van der Waals surface area contributed by atoms with Gasteiger partial charge in [0.05, 0.1) is 36.6 Å². The first-order valence-electron chi connectivity index (χ1n) is 18.3. The van der Waals surface area contributed by atoms with Gasteiger partial charge in [0.15, 0.2) is 0 Å². The minimum atomic E-state index is -1.26.